The molecule has 1 amide bonds. The number of rotatable bonds is 4. The van der Waals surface area contributed by atoms with Gasteiger partial charge in [-0.1, -0.05) is 6.92 Å². The third kappa shape index (κ3) is 3.01. The Morgan fingerprint density at radius 1 is 1.60 bits per heavy atom. The van der Waals surface area contributed by atoms with Crippen LogP contribution in [-0.2, 0) is 4.79 Å². The zero-order valence-electron chi connectivity index (χ0n) is 8.17. The number of nitrogens with zero attached hydrogens (tertiary/aromatic N) is 2. The molecule has 0 saturated heterocycles. The van der Waals surface area contributed by atoms with Crippen LogP contribution in [0.3, 0.4) is 0 Å². The lowest BCUT2D eigenvalue weighted by Crippen LogP contribution is -2.40. The molecule has 1 unspecified atom stereocenters. The number of aromatic nitrogens is 2. The maximum Gasteiger partial charge on any atom is 0.326 e. The normalized spacial score (nSPS) is 11.8. The van der Waals surface area contributed by atoms with Crippen molar-refractivity contribution in [2.45, 2.75) is 19.4 Å². The average molecular weight is 209 g/mol. The second-order valence-corrected chi connectivity index (χ2v) is 2.87. The molecule has 1 aromatic heterocycles. The summed E-state index contributed by atoms with van der Waals surface area (Å²) in [6.07, 6.45) is 2.98. The van der Waals surface area contributed by atoms with Crippen LogP contribution in [0.2, 0.25) is 0 Å². The summed E-state index contributed by atoms with van der Waals surface area (Å²) >= 11 is 0. The number of carbonyl (C=O) groups is 2. The van der Waals surface area contributed by atoms with Crippen LogP contribution >= 0.6 is 0 Å². The zero-order chi connectivity index (χ0) is 11.3. The van der Waals surface area contributed by atoms with E-state index in [9.17, 15) is 9.59 Å². The lowest BCUT2D eigenvalue weighted by molar-refractivity contribution is -0.139. The van der Waals surface area contributed by atoms with Crippen molar-refractivity contribution in [3.63, 3.8) is 0 Å². The lowest BCUT2D eigenvalue weighted by Gasteiger charge is -2.11. The first kappa shape index (κ1) is 11.1. The van der Waals surface area contributed by atoms with Crippen LogP contribution in [0.4, 0.5) is 0 Å². The van der Waals surface area contributed by atoms with Gasteiger partial charge < -0.3 is 10.4 Å². The number of carboxylic acid groups (broad SMARTS) is 1. The van der Waals surface area contributed by atoms with Crippen LogP contribution in [0.1, 0.15) is 23.8 Å². The minimum Gasteiger partial charge on any atom is -0.480 e. The quantitative estimate of drug-likeness (QED) is 0.732. The second-order valence-electron chi connectivity index (χ2n) is 2.87. The van der Waals surface area contributed by atoms with Crippen molar-refractivity contribution in [1.29, 1.82) is 0 Å². The summed E-state index contributed by atoms with van der Waals surface area (Å²) in [4.78, 5) is 29.5. The van der Waals surface area contributed by atoms with Crippen LogP contribution in [0.25, 0.3) is 0 Å². The molecule has 6 heteroatoms. The fourth-order valence-electron chi connectivity index (χ4n) is 0.996. The van der Waals surface area contributed by atoms with E-state index in [-0.39, 0.29) is 5.69 Å². The molecule has 6 nitrogen and oxygen atoms in total. The standard InChI is InChI=1S/C9H11N3O3/c1-2-6(9(14)15)12-8(13)7-3-4-10-5-11-7/h3-6H,2H2,1H3,(H,12,13)(H,14,15). The Labute approximate surface area is 86.4 Å². The van der Waals surface area contributed by atoms with Crippen LogP contribution in [-0.4, -0.2) is 33.0 Å². The van der Waals surface area contributed by atoms with Gasteiger partial charge in [0.15, 0.2) is 0 Å². The number of hydrogen-bond donors (Lipinski definition) is 2. The zero-order valence-corrected chi connectivity index (χ0v) is 8.17. The third-order valence-corrected chi connectivity index (χ3v) is 1.83. The molecule has 0 bridgehead atoms. The van der Waals surface area contributed by atoms with Crippen molar-refractivity contribution in [2.75, 3.05) is 0 Å². The Balaban J connectivity index is 2.67. The smallest absolute Gasteiger partial charge is 0.326 e. The molecule has 1 rings (SSSR count). The van der Waals surface area contributed by atoms with Gasteiger partial charge >= 0.3 is 5.97 Å². The van der Waals surface area contributed by atoms with Gasteiger partial charge in [-0.3, -0.25) is 4.79 Å². The van der Waals surface area contributed by atoms with E-state index in [2.05, 4.69) is 15.3 Å². The van der Waals surface area contributed by atoms with E-state index in [4.69, 9.17) is 5.11 Å². The summed E-state index contributed by atoms with van der Waals surface area (Å²) in [6, 6.07) is 0.539. The van der Waals surface area contributed by atoms with Crippen molar-refractivity contribution in [2.24, 2.45) is 0 Å². The van der Waals surface area contributed by atoms with Gasteiger partial charge in [0.2, 0.25) is 0 Å². The molecule has 80 valence electrons. The van der Waals surface area contributed by atoms with Crippen molar-refractivity contribution in [1.82, 2.24) is 15.3 Å². The van der Waals surface area contributed by atoms with Crippen molar-refractivity contribution < 1.29 is 14.7 Å². The Morgan fingerprint density at radius 3 is 2.80 bits per heavy atom. The Hall–Kier alpha value is -1.98. The number of amides is 1. The number of carboxylic acids is 1. The summed E-state index contributed by atoms with van der Waals surface area (Å²) in [7, 11) is 0. The first-order valence-corrected chi connectivity index (χ1v) is 4.44. The Morgan fingerprint density at radius 2 is 2.33 bits per heavy atom. The van der Waals surface area contributed by atoms with Crippen LogP contribution in [0, 0.1) is 0 Å². The van der Waals surface area contributed by atoms with E-state index >= 15 is 0 Å². The monoisotopic (exact) mass is 209 g/mol. The molecular formula is C9H11N3O3. The maximum atomic E-state index is 11.5. The number of aliphatic carboxylic acids is 1. The van der Waals surface area contributed by atoms with Gasteiger partial charge in [-0.2, -0.15) is 0 Å². The molecule has 0 aliphatic rings. The molecule has 0 fully saturated rings. The number of hydrogen-bond acceptors (Lipinski definition) is 4. The van der Waals surface area contributed by atoms with E-state index < -0.39 is 17.9 Å². The molecule has 0 aliphatic carbocycles. The fraction of sp³-hybridized carbons (Fsp3) is 0.333. The molecule has 0 saturated carbocycles. The first-order valence-electron chi connectivity index (χ1n) is 4.44. The maximum absolute atomic E-state index is 11.5. The van der Waals surface area contributed by atoms with Gasteiger partial charge in [-0.25, -0.2) is 14.8 Å². The van der Waals surface area contributed by atoms with Gasteiger partial charge in [0.1, 0.15) is 18.1 Å². The van der Waals surface area contributed by atoms with Crippen molar-refractivity contribution >= 4 is 11.9 Å². The molecule has 15 heavy (non-hydrogen) atoms. The molecule has 0 radical (unpaired) electrons. The molecule has 2 N–H and O–H groups in total. The predicted molar refractivity (Wildman–Crippen MR) is 51.2 cm³/mol. The minimum absolute atomic E-state index is 0.157. The van der Waals surface area contributed by atoms with E-state index in [0.29, 0.717) is 6.42 Å². The molecule has 1 aromatic rings. The summed E-state index contributed by atoms with van der Waals surface area (Å²) < 4.78 is 0. The number of carbonyl (C=O) groups excluding carboxylic acids is 1. The van der Waals surface area contributed by atoms with Gasteiger partial charge in [0.25, 0.3) is 5.91 Å². The highest BCUT2D eigenvalue weighted by Gasteiger charge is 2.18. The summed E-state index contributed by atoms with van der Waals surface area (Å²) in [5.41, 5.74) is 0.157. The van der Waals surface area contributed by atoms with Gasteiger partial charge in [-0.15, -0.1) is 0 Å². The highest BCUT2D eigenvalue weighted by Crippen LogP contribution is 1.95. The van der Waals surface area contributed by atoms with Crippen LogP contribution in [0.15, 0.2) is 18.6 Å². The largest absolute Gasteiger partial charge is 0.480 e. The Bertz CT molecular complexity index is 353. The van der Waals surface area contributed by atoms with Crippen LogP contribution < -0.4 is 5.32 Å². The molecule has 0 spiro atoms. The van der Waals surface area contributed by atoms with E-state index in [0.717, 1.165) is 0 Å². The van der Waals surface area contributed by atoms with E-state index in [1.165, 1.54) is 18.6 Å². The Kier molecular flexibility index (Phi) is 3.73. The first-order chi connectivity index (χ1) is 7.15. The second kappa shape index (κ2) is 5.04. The minimum atomic E-state index is -1.06. The lowest BCUT2D eigenvalue weighted by atomic mass is 10.2. The summed E-state index contributed by atoms with van der Waals surface area (Å²) in [5.74, 6) is -1.56. The molecule has 1 atom stereocenters. The van der Waals surface area contributed by atoms with E-state index in [1.807, 2.05) is 0 Å². The fourth-order valence-corrected chi connectivity index (χ4v) is 0.996. The molecular weight excluding hydrogens is 198 g/mol. The summed E-state index contributed by atoms with van der Waals surface area (Å²) in [6.45, 7) is 1.68. The average Bonchev–Trinajstić information content (AvgIpc) is 2.26. The highest BCUT2D eigenvalue weighted by atomic mass is 16.4. The number of nitrogens with one attached hydrogen (secondary N) is 1. The third-order valence-electron chi connectivity index (χ3n) is 1.83. The van der Waals surface area contributed by atoms with Gasteiger partial charge in [-0.05, 0) is 12.5 Å². The summed E-state index contributed by atoms with van der Waals surface area (Å²) in [5, 5.41) is 11.1. The highest BCUT2D eigenvalue weighted by molar-refractivity contribution is 5.94. The predicted octanol–water partition coefficient (Wildman–Crippen LogP) is 0.0696. The molecule has 0 aliphatic heterocycles. The van der Waals surface area contributed by atoms with Crippen LogP contribution in [0.5, 0.6) is 0 Å². The van der Waals surface area contributed by atoms with Crippen molar-refractivity contribution in [3.8, 4) is 0 Å². The van der Waals surface area contributed by atoms with Gasteiger partial charge in [0, 0.05) is 6.20 Å². The topological polar surface area (TPSA) is 92.2 Å². The van der Waals surface area contributed by atoms with Crippen molar-refractivity contribution in [3.05, 3.63) is 24.3 Å². The van der Waals surface area contributed by atoms with E-state index in [1.54, 1.807) is 6.92 Å². The molecule has 1 heterocycles. The molecule has 0 aromatic carbocycles. The van der Waals surface area contributed by atoms with Gasteiger partial charge in [0.05, 0.1) is 0 Å². The SMILES string of the molecule is CCC(NC(=O)c1ccncn1)C(=O)O.